The third kappa shape index (κ3) is 1.92. The van der Waals surface area contributed by atoms with Crippen molar-refractivity contribution in [2.45, 2.75) is 30.2 Å². The monoisotopic (exact) mass is 225 g/mol. The van der Waals surface area contributed by atoms with Crippen molar-refractivity contribution in [3.63, 3.8) is 0 Å². The first kappa shape index (κ1) is 10.6. The topological polar surface area (TPSA) is 37.1 Å². The Morgan fingerprint density at radius 3 is 2.33 bits per heavy atom. The highest BCUT2D eigenvalue weighted by atomic mass is 32.2. The molecule has 0 N–H and O–H groups in total. The van der Waals surface area contributed by atoms with E-state index >= 15 is 0 Å². The molecule has 2 atom stereocenters. The first-order chi connectivity index (χ1) is 7.03. The molecule has 0 bridgehead atoms. The second-order valence-corrected chi connectivity index (χ2v) is 6.21. The molecule has 0 aliphatic carbocycles. The SMILES string of the molecule is CC(C)N1CC1S(=O)(=O)c1ccccc1. The molecule has 82 valence electrons. The average molecular weight is 225 g/mol. The highest BCUT2D eigenvalue weighted by Crippen LogP contribution is 2.30. The molecular formula is C11H15NO2S. The number of rotatable bonds is 3. The van der Waals surface area contributed by atoms with E-state index in [0.29, 0.717) is 17.5 Å². The maximum atomic E-state index is 12.1. The first-order valence-electron chi connectivity index (χ1n) is 5.08. The fourth-order valence-electron chi connectivity index (χ4n) is 1.72. The summed E-state index contributed by atoms with van der Waals surface area (Å²) in [4.78, 5) is 2.40. The molecule has 0 aromatic heterocycles. The number of nitrogens with zero attached hydrogens (tertiary/aromatic N) is 1. The molecule has 2 rings (SSSR count). The van der Waals surface area contributed by atoms with Gasteiger partial charge in [-0.15, -0.1) is 0 Å². The summed E-state index contributed by atoms with van der Waals surface area (Å²) in [7, 11) is -3.13. The van der Waals surface area contributed by atoms with Crippen LogP contribution in [0.1, 0.15) is 13.8 Å². The fourth-order valence-corrected chi connectivity index (χ4v) is 3.54. The standard InChI is InChI=1S/C11H15NO2S/c1-9(2)12-8-11(12)15(13,14)10-6-4-3-5-7-10/h3-7,9,11H,8H2,1-2H3. The van der Waals surface area contributed by atoms with Gasteiger partial charge in [-0.3, -0.25) is 4.90 Å². The van der Waals surface area contributed by atoms with Gasteiger partial charge in [0.25, 0.3) is 0 Å². The van der Waals surface area contributed by atoms with Crippen molar-refractivity contribution in [1.29, 1.82) is 0 Å². The Bertz CT molecular complexity index is 439. The summed E-state index contributed by atoms with van der Waals surface area (Å²) < 4.78 is 24.1. The van der Waals surface area contributed by atoms with Gasteiger partial charge in [-0.2, -0.15) is 0 Å². The smallest absolute Gasteiger partial charge is 0.195 e. The molecule has 0 amide bonds. The van der Waals surface area contributed by atoms with Crippen LogP contribution < -0.4 is 0 Å². The Labute approximate surface area is 90.6 Å². The summed E-state index contributed by atoms with van der Waals surface area (Å²) in [6.07, 6.45) is 0. The highest BCUT2D eigenvalue weighted by molar-refractivity contribution is 7.92. The zero-order valence-electron chi connectivity index (χ0n) is 8.92. The van der Waals surface area contributed by atoms with Crippen molar-refractivity contribution in [1.82, 2.24) is 4.90 Å². The lowest BCUT2D eigenvalue weighted by molar-refractivity contribution is 0.443. The maximum Gasteiger partial charge on any atom is 0.195 e. The van der Waals surface area contributed by atoms with Crippen LogP contribution in [-0.4, -0.2) is 31.3 Å². The van der Waals surface area contributed by atoms with Gasteiger partial charge < -0.3 is 0 Å². The molecule has 15 heavy (non-hydrogen) atoms. The van der Waals surface area contributed by atoms with E-state index in [1.165, 1.54) is 0 Å². The van der Waals surface area contributed by atoms with E-state index < -0.39 is 9.84 Å². The van der Waals surface area contributed by atoms with Crippen LogP contribution in [0.5, 0.6) is 0 Å². The lowest BCUT2D eigenvalue weighted by Gasteiger charge is -2.07. The van der Waals surface area contributed by atoms with E-state index in [1.54, 1.807) is 24.3 Å². The second-order valence-electron chi connectivity index (χ2n) is 4.10. The molecule has 1 aliphatic rings. The van der Waals surface area contributed by atoms with E-state index in [0.717, 1.165) is 0 Å². The van der Waals surface area contributed by atoms with Gasteiger partial charge in [0.05, 0.1) is 4.90 Å². The van der Waals surface area contributed by atoms with Crippen LogP contribution in [-0.2, 0) is 9.84 Å². The van der Waals surface area contributed by atoms with Crippen LogP contribution in [0.15, 0.2) is 35.2 Å². The molecule has 1 aliphatic heterocycles. The highest BCUT2D eigenvalue weighted by Gasteiger charge is 2.46. The van der Waals surface area contributed by atoms with Gasteiger partial charge in [0.2, 0.25) is 0 Å². The van der Waals surface area contributed by atoms with E-state index in [-0.39, 0.29) is 5.37 Å². The van der Waals surface area contributed by atoms with Crippen molar-refractivity contribution in [2.24, 2.45) is 0 Å². The minimum atomic E-state index is -3.13. The molecule has 1 fully saturated rings. The Balaban J connectivity index is 2.24. The van der Waals surface area contributed by atoms with E-state index in [9.17, 15) is 8.42 Å². The van der Waals surface area contributed by atoms with Gasteiger partial charge in [-0.05, 0) is 26.0 Å². The number of sulfone groups is 1. The summed E-state index contributed by atoms with van der Waals surface area (Å²) >= 11 is 0. The summed E-state index contributed by atoms with van der Waals surface area (Å²) in [5, 5.41) is -0.306. The van der Waals surface area contributed by atoms with Crippen molar-refractivity contribution >= 4 is 9.84 Å². The molecule has 1 saturated heterocycles. The van der Waals surface area contributed by atoms with Gasteiger partial charge in [-0.25, -0.2) is 8.42 Å². The van der Waals surface area contributed by atoms with Crippen molar-refractivity contribution in [3.05, 3.63) is 30.3 Å². The second kappa shape index (κ2) is 3.61. The number of hydrogen-bond acceptors (Lipinski definition) is 3. The maximum absolute atomic E-state index is 12.1. The lowest BCUT2D eigenvalue weighted by Crippen LogP contribution is -2.18. The molecular weight excluding hydrogens is 210 g/mol. The van der Waals surface area contributed by atoms with Crippen LogP contribution in [0.2, 0.25) is 0 Å². The quantitative estimate of drug-likeness (QED) is 0.732. The molecule has 2 unspecified atom stereocenters. The summed E-state index contributed by atoms with van der Waals surface area (Å²) in [6, 6.07) is 8.96. The van der Waals surface area contributed by atoms with Crippen molar-refractivity contribution in [2.75, 3.05) is 6.54 Å². The van der Waals surface area contributed by atoms with Gasteiger partial charge in [-0.1, -0.05) is 18.2 Å². The zero-order chi connectivity index (χ0) is 11.1. The molecule has 1 aromatic rings. The molecule has 3 nitrogen and oxygen atoms in total. The Hall–Kier alpha value is -0.870. The Kier molecular flexibility index (Phi) is 2.56. The predicted octanol–water partition coefficient (Wildman–Crippen LogP) is 1.51. The van der Waals surface area contributed by atoms with E-state index in [4.69, 9.17) is 0 Å². The molecule has 4 heteroatoms. The van der Waals surface area contributed by atoms with Crippen LogP contribution in [0.25, 0.3) is 0 Å². The summed E-state index contributed by atoms with van der Waals surface area (Å²) in [5.41, 5.74) is 0. The van der Waals surface area contributed by atoms with Crippen LogP contribution in [0, 0.1) is 0 Å². The van der Waals surface area contributed by atoms with Crippen molar-refractivity contribution < 1.29 is 8.42 Å². The Morgan fingerprint density at radius 2 is 1.87 bits per heavy atom. The third-order valence-corrected chi connectivity index (χ3v) is 4.76. The van der Waals surface area contributed by atoms with Crippen molar-refractivity contribution in [3.8, 4) is 0 Å². The molecule has 1 heterocycles. The zero-order valence-corrected chi connectivity index (χ0v) is 9.74. The summed E-state index contributed by atoms with van der Waals surface area (Å²) in [5.74, 6) is 0. The van der Waals surface area contributed by atoms with Gasteiger partial charge in [0.1, 0.15) is 5.37 Å². The largest absolute Gasteiger partial charge is 0.281 e. The van der Waals surface area contributed by atoms with Crippen LogP contribution in [0.4, 0.5) is 0 Å². The average Bonchev–Trinajstić information content (AvgIpc) is 2.99. The third-order valence-electron chi connectivity index (χ3n) is 2.70. The molecule has 0 saturated carbocycles. The molecule has 0 radical (unpaired) electrons. The fraction of sp³-hybridized carbons (Fsp3) is 0.455. The molecule has 1 aromatic carbocycles. The van der Waals surface area contributed by atoms with Gasteiger partial charge in [0, 0.05) is 12.6 Å². The lowest BCUT2D eigenvalue weighted by atomic mass is 10.4. The minimum absolute atomic E-state index is 0.300. The number of benzene rings is 1. The van der Waals surface area contributed by atoms with Gasteiger partial charge in [0.15, 0.2) is 9.84 Å². The Morgan fingerprint density at radius 1 is 1.27 bits per heavy atom. The van der Waals surface area contributed by atoms with Crippen LogP contribution in [0.3, 0.4) is 0 Å². The predicted molar refractivity (Wildman–Crippen MR) is 59.3 cm³/mol. The summed E-state index contributed by atoms with van der Waals surface area (Å²) in [6.45, 7) is 4.69. The van der Waals surface area contributed by atoms with Crippen LogP contribution >= 0.6 is 0 Å². The number of hydrogen-bond donors (Lipinski definition) is 0. The minimum Gasteiger partial charge on any atom is -0.281 e. The van der Waals surface area contributed by atoms with E-state index in [1.807, 2.05) is 24.8 Å². The first-order valence-corrected chi connectivity index (χ1v) is 6.63. The van der Waals surface area contributed by atoms with Gasteiger partial charge >= 0.3 is 0 Å². The molecule has 0 spiro atoms. The van der Waals surface area contributed by atoms with E-state index in [2.05, 4.69) is 0 Å². The normalized spacial score (nSPS) is 25.5.